The number of methoxy groups -OCH3 is 1. The molecule has 0 aliphatic heterocycles. The van der Waals surface area contributed by atoms with Crippen molar-refractivity contribution in [2.75, 3.05) is 7.11 Å². The highest BCUT2D eigenvalue weighted by Gasteiger charge is 2.19. The third-order valence-corrected chi connectivity index (χ3v) is 4.47. The predicted octanol–water partition coefficient (Wildman–Crippen LogP) is 3.82. The smallest absolute Gasteiger partial charge is 0.270 e. The second-order valence-electron chi connectivity index (χ2n) is 6.08. The molecule has 3 rings (SSSR count). The van der Waals surface area contributed by atoms with Gasteiger partial charge in [0.15, 0.2) is 0 Å². The second-order valence-corrected chi connectivity index (χ2v) is 6.08. The van der Waals surface area contributed by atoms with Crippen molar-refractivity contribution in [3.05, 3.63) is 68.8 Å². The van der Waals surface area contributed by atoms with E-state index >= 15 is 0 Å². The van der Waals surface area contributed by atoms with Gasteiger partial charge < -0.3 is 4.74 Å². The summed E-state index contributed by atoms with van der Waals surface area (Å²) in [4.78, 5) is 28.4. The van der Waals surface area contributed by atoms with Crippen molar-refractivity contribution in [3.63, 3.8) is 0 Å². The van der Waals surface area contributed by atoms with Crippen LogP contribution < -0.4 is 10.3 Å². The van der Waals surface area contributed by atoms with E-state index in [1.165, 1.54) is 22.8 Å². The van der Waals surface area contributed by atoms with Crippen LogP contribution in [0.3, 0.4) is 0 Å². The van der Waals surface area contributed by atoms with Crippen LogP contribution in [-0.2, 0) is 0 Å². The van der Waals surface area contributed by atoms with Gasteiger partial charge in [0.05, 0.1) is 28.6 Å². The van der Waals surface area contributed by atoms with E-state index in [9.17, 15) is 14.9 Å². The number of hydrogen-bond acceptors (Lipinski definition) is 5. The van der Waals surface area contributed by atoms with E-state index in [0.29, 0.717) is 22.8 Å². The molecule has 3 aromatic rings. The van der Waals surface area contributed by atoms with Gasteiger partial charge in [-0.3, -0.25) is 19.5 Å². The third kappa shape index (κ3) is 3.03. The van der Waals surface area contributed by atoms with Crippen molar-refractivity contribution < 1.29 is 9.66 Å². The summed E-state index contributed by atoms with van der Waals surface area (Å²) in [6, 6.07) is 11.3. The lowest BCUT2D eigenvalue weighted by atomic mass is 10.1. The van der Waals surface area contributed by atoms with Crippen LogP contribution in [0.4, 0.5) is 5.69 Å². The minimum absolute atomic E-state index is 0.0457. The van der Waals surface area contributed by atoms with Crippen LogP contribution in [0.2, 0.25) is 0 Å². The van der Waals surface area contributed by atoms with Crippen LogP contribution in [0.15, 0.2) is 47.3 Å². The second kappa shape index (κ2) is 6.95. The molecule has 0 unspecified atom stereocenters. The molecule has 0 spiro atoms. The quantitative estimate of drug-likeness (QED) is 0.514. The van der Waals surface area contributed by atoms with E-state index in [1.807, 2.05) is 13.8 Å². The van der Waals surface area contributed by atoms with Crippen molar-refractivity contribution in [1.29, 1.82) is 0 Å². The van der Waals surface area contributed by atoms with Gasteiger partial charge in [0.25, 0.3) is 11.2 Å². The van der Waals surface area contributed by atoms with E-state index in [0.717, 1.165) is 6.42 Å². The maximum atomic E-state index is 13.2. The lowest BCUT2D eigenvalue weighted by Gasteiger charge is -2.17. The van der Waals surface area contributed by atoms with Gasteiger partial charge in [0.2, 0.25) is 0 Å². The average Bonchev–Trinajstić information content (AvgIpc) is 2.67. The highest BCUT2D eigenvalue weighted by Crippen LogP contribution is 2.24. The molecule has 0 radical (unpaired) electrons. The van der Waals surface area contributed by atoms with Crippen molar-refractivity contribution in [2.45, 2.75) is 26.2 Å². The molecule has 0 saturated heterocycles. The van der Waals surface area contributed by atoms with E-state index in [1.54, 1.807) is 31.4 Å². The fraction of sp³-hybridized carbons (Fsp3) is 0.263. The van der Waals surface area contributed by atoms with E-state index < -0.39 is 4.92 Å². The van der Waals surface area contributed by atoms with Crippen LogP contribution >= 0.6 is 0 Å². The topological polar surface area (TPSA) is 87.3 Å². The van der Waals surface area contributed by atoms with Gasteiger partial charge in [-0.15, -0.1) is 0 Å². The summed E-state index contributed by atoms with van der Waals surface area (Å²) in [5.74, 6) is 1.35. The normalized spacial score (nSPS) is 12.1. The van der Waals surface area contributed by atoms with Gasteiger partial charge in [-0.1, -0.05) is 13.8 Å². The monoisotopic (exact) mass is 353 g/mol. The van der Waals surface area contributed by atoms with Gasteiger partial charge in [-0.25, -0.2) is 4.98 Å². The van der Waals surface area contributed by atoms with Crippen molar-refractivity contribution in [3.8, 4) is 11.4 Å². The molecule has 0 fully saturated rings. The fourth-order valence-electron chi connectivity index (χ4n) is 2.80. The number of nitro groups is 1. The van der Waals surface area contributed by atoms with E-state index in [-0.39, 0.29) is 22.6 Å². The SMILES string of the molecule is CC[C@@H](C)c1nc2ccc([N+](=O)[O-])cc2c(=O)n1-c1ccc(OC)cc1. The van der Waals surface area contributed by atoms with Crippen LogP contribution in [0.5, 0.6) is 5.75 Å². The van der Waals surface area contributed by atoms with E-state index in [2.05, 4.69) is 4.98 Å². The first kappa shape index (κ1) is 17.6. The largest absolute Gasteiger partial charge is 0.497 e. The summed E-state index contributed by atoms with van der Waals surface area (Å²) >= 11 is 0. The Bertz CT molecular complexity index is 1030. The molecular formula is C19H19N3O4. The highest BCUT2D eigenvalue weighted by molar-refractivity contribution is 5.80. The van der Waals surface area contributed by atoms with Crippen LogP contribution in [0.1, 0.15) is 32.0 Å². The molecule has 0 aliphatic carbocycles. The molecule has 0 bridgehead atoms. The van der Waals surface area contributed by atoms with Gasteiger partial charge >= 0.3 is 0 Å². The zero-order chi connectivity index (χ0) is 18.8. The third-order valence-electron chi connectivity index (χ3n) is 4.47. The van der Waals surface area contributed by atoms with E-state index in [4.69, 9.17) is 4.74 Å². The van der Waals surface area contributed by atoms with Gasteiger partial charge in [-0.05, 0) is 36.8 Å². The fourth-order valence-corrected chi connectivity index (χ4v) is 2.80. The first-order chi connectivity index (χ1) is 12.5. The molecule has 7 heteroatoms. The number of ether oxygens (including phenoxy) is 1. The summed E-state index contributed by atoms with van der Waals surface area (Å²) in [7, 11) is 1.57. The van der Waals surface area contributed by atoms with Crippen molar-refractivity contribution in [2.24, 2.45) is 0 Å². The first-order valence-electron chi connectivity index (χ1n) is 8.31. The summed E-state index contributed by atoms with van der Waals surface area (Å²) in [5, 5.41) is 11.3. The maximum absolute atomic E-state index is 13.2. The number of benzene rings is 2. The molecular weight excluding hydrogens is 334 g/mol. The molecule has 1 aromatic heterocycles. The number of non-ortho nitro benzene ring substituents is 1. The van der Waals surface area contributed by atoms with Crippen molar-refractivity contribution in [1.82, 2.24) is 9.55 Å². The maximum Gasteiger partial charge on any atom is 0.270 e. The lowest BCUT2D eigenvalue weighted by molar-refractivity contribution is -0.384. The highest BCUT2D eigenvalue weighted by atomic mass is 16.6. The number of rotatable bonds is 5. The molecule has 0 N–H and O–H groups in total. The Hall–Kier alpha value is -3.22. The van der Waals surface area contributed by atoms with Gasteiger partial charge in [0.1, 0.15) is 11.6 Å². The van der Waals surface area contributed by atoms with Crippen LogP contribution in [-0.4, -0.2) is 21.6 Å². The first-order valence-corrected chi connectivity index (χ1v) is 8.31. The molecule has 1 heterocycles. The lowest BCUT2D eigenvalue weighted by Crippen LogP contribution is -2.25. The molecule has 0 saturated carbocycles. The van der Waals surface area contributed by atoms with Gasteiger partial charge in [0, 0.05) is 18.1 Å². The Balaban J connectivity index is 2.34. The molecule has 26 heavy (non-hydrogen) atoms. The summed E-state index contributed by atoms with van der Waals surface area (Å²) < 4.78 is 6.70. The Labute approximate surface area is 150 Å². The Kier molecular flexibility index (Phi) is 4.71. The average molecular weight is 353 g/mol. The molecule has 0 amide bonds. The molecule has 7 nitrogen and oxygen atoms in total. The predicted molar refractivity (Wildman–Crippen MR) is 99.3 cm³/mol. The van der Waals surface area contributed by atoms with Crippen LogP contribution in [0, 0.1) is 10.1 Å². The number of nitrogens with zero attached hydrogens (tertiary/aromatic N) is 3. The van der Waals surface area contributed by atoms with Crippen LogP contribution in [0.25, 0.3) is 16.6 Å². The Morgan fingerprint density at radius 3 is 2.50 bits per heavy atom. The standard InChI is InChI=1S/C19H19N3O4/c1-4-12(2)18-20-17-10-7-14(22(24)25)11-16(17)19(23)21(18)13-5-8-15(26-3)9-6-13/h5-12H,4H2,1-3H3/t12-/m1/s1. The number of fused-ring (bicyclic) bond motifs is 1. The van der Waals surface area contributed by atoms with Gasteiger partial charge in [-0.2, -0.15) is 0 Å². The summed E-state index contributed by atoms with van der Waals surface area (Å²) in [6.45, 7) is 4.02. The molecule has 1 atom stereocenters. The molecule has 134 valence electrons. The summed E-state index contributed by atoms with van der Waals surface area (Å²) in [6.07, 6.45) is 0.807. The number of hydrogen-bond donors (Lipinski definition) is 0. The Morgan fingerprint density at radius 1 is 1.23 bits per heavy atom. The summed E-state index contributed by atoms with van der Waals surface area (Å²) in [5.41, 5.74) is 0.654. The zero-order valence-corrected chi connectivity index (χ0v) is 14.8. The molecule has 2 aromatic carbocycles. The van der Waals surface area contributed by atoms with Crippen molar-refractivity contribution >= 4 is 16.6 Å². The Morgan fingerprint density at radius 2 is 1.92 bits per heavy atom. The number of aromatic nitrogens is 2. The minimum Gasteiger partial charge on any atom is -0.497 e. The zero-order valence-electron chi connectivity index (χ0n) is 14.8. The number of nitro benzene ring substituents is 1. The minimum atomic E-state index is -0.515. The molecule has 0 aliphatic rings.